The highest BCUT2D eigenvalue weighted by Gasteiger charge is 2.28. The first-order valence-electron chi connectivity index (χ1n) is 10.8. The number of benzene rings is 1. The molecular weight excluding hydrogens is 421 g/mol. The lowest BCUT2D eigenvalue weighted by molar-refractivity contribution is 0.185. The van der Waals surface area contributed by atoms with Crippen LogP contribution in [-0.4, -0.2) is 56.8 Å². The molecule has 0 bridgehead atoms. The number of carbonyl (C=O) groups excluding carboxylic acids is 1. The summed E-state index contributed by atoms with van der Waals surface area (Å²) in [6.07, 6.45) is 3.47. The number of nitrogens with zero attached hydrogens (tertiary/aromatic N) is 5. The zero-order valence-electron chi connectivity index (χ0n) is 18.4. The molecule has 1 unspecified atom stereocenters. The third-order valence-electron chi connectivity index (χ3n) is 5.93. The number of amides is 2. The number of H-pyrrole nitrogens is 1. The van der Waals surface area contributed by atoms with E-state index in [1.165, 1.54) is 12.1 Å². The smallest absolute Gasteiger partial charge is 0.323 e. The van der Waals surface area contributed by atoms with E-state index >= 15 is 0 Å². The summed E-state index contributed by atoms with van der Waals surface area (Å²) >= 11 is 0. The zero-order valence-corrected chi connectivity index (χ0v) is 18.4. The van der Waals surface area contributed by atoms with E-state index in [0.29, 0.717) is 25.5 Å². The molecule has 0 aliphatic carbocycles. The Hall–Kier alpha value is -4.01. The topological polar surface area (TPSA) is 90.0 Å². The molecular formula is C24H24FN7O. The Morgan fingerprint density at radius 2 is 1.97 bits per heavy atom. The highest BCUT2D eigenvalue weighted by Crippen LogP contribution is 2.27. The summed E-state index contributed by atoms with van der Waals surface area (Å²) in [5.74, 6) is 0.205. The van der Waals surface area contributed by atoms with Crippen molar-refractivity contribution in [3.63, 3.8) is 0 Å². The number of anilines is 2. The minimum Gasteiger partial charge on any atom is -0.368 e. The number of rotatable bonds is 3. The Labute approximate surface area is 190 Å². The number of aryl methyl sites for hydroxylation is 1. The minimum absolute atomic E-state index is 0.0128. The first-order valence-corrected chi connectivity index (χ1v) is 10.8. The molecule has 0 spiro atoms. The fourth-order valence-electron chi connectivity index (χ4n) is 4.22. The first kappa shape index (κ1) is 20.9. The van der Waals surface area contributed by atoms with Gasteiger partial charge in [-0.05, 0) is 50.2 Å². The number of piperazine rings is 1. The van der Waals surface area contributed by atoms with Crippen LogP contribution in [0.1, 0.15) is 12.6 Å². The second-order valence-electron chi connectivity index (χ2n) is 8.27. The third kappa shape index (κ3) is 4.21. The lowest BCUT2D eigenvalue weighted by Crippen LogP contribution is -2.55. The van der Waals surface area contributed by atoms with Gasteiger partial charge in [-0.2, -0.15) is 5.10 Å². The van der Waals surface area contributed by atoms with Crippen molar-refractivity contribution in [1.29, 1.82) is 0 Å². The normalized spacial score (nSPS) is 16.3. The largest absolute Gasteiger partial charge is 0.368 e. The van der Waals surface area contributed by atoms with Gasteiger partial charge < -0.3 is 9.80 Å². The van der Waals surface area contributed by atoms with Crippen LogP contribution in [0.2, 0.25) is 0 Å². The Balaban J connectivity index is 1.28. The molecule has 5 rings (SSSR count). The molecule has 4 heterocycles. The maximum absolute atomic E-state index is 13.2. The van der Waals surface area contributed by atoms with E-state index in [1.807, 2.05) is 26.0 Å². The average Bonchev–Trinajstić information content (AvgIpc) is 3.23. The van der Waals surface area contributed by atoms with Crippen LogP contribution in [0.5, 0.6) is 0 Å². The number of hydrogen-bond acceptors (Lipinski definition) is 5. The highest BCUT2D eigenvalue weighted by molar-refractivity contribution is 5.95. The van der Waals surface area contributed by atoms with Crippen molar-refractivity contribution in [3.8, 4) is 11.3 Å². The Morgan fingerprint density at radius 3 is 2.73 bits per heavy atom. The molecule has 1 fully saturated rings. The van der Waals surface area contributed by atoms with Gasteiger partial charge in [0.25, 0.3) is 0 Å². The first-order chi connectivity index (χ1) is 16.0. The number of halogens is 1. The van der Waals surface area contributed by atoms with Crippen LogP contribution in [0, 0.1) is 12.7 Å². The molecule has 2 amide bonds. The third-order valence-corrected chi connectivity index (χ3v) is 5.93. The van der Waals surface area contributed by atoms with Gasteiger partial charge in [0, 0.05) is 66.5 Å². The van der Waals surface area contributed by atoms with E-state index in [2.05, 4.69) is 30.4 Å². The van der Waals surface area contributed by atoms with Crippen LogP contribution in [0.4, 0.5) is 20.7 Å². The van der Waals surface area contributed by atoms with Gasteiger partial charge in [-0.15, -0.1) is 0 Å². The van der Waals surface area contributed by atoms with Gasteiger partial charge in [-0.25, -0.2) is 14.2 Å². The fraction of sp³-hybridized carbons (Fsp3) is 0.250. The molecule has 168 valence electrons. The SMILES string of the molecule is Cc1cc(-c2n[nH]c3cc(NC(=O)N4CCN(c5ccc(F)cc5)CC4C)ncc23)ccn1. The molecule has 1 saturated heterocycles. The second-order valence-corrected chi connectivity index (χ2v) is 8.27. The van der Waals surface area contributed by atoms with Gasteiger partial charge in [-0.1, -0.05) is 0 Å². The number of aromatic amines is 1. The molecule has 9 heteroatoms. The van der Waals surface area contributed by atoms with E-state index < -0.39 is 0 Å². The van der Waals surface area contributed by atoms with Crippen molar-refractivity contribution in [1.82, 2.24) is 25.1 Å². The molecule has 1 aliphatic heterocycles. The van der Waals surface area contributed by atoms with Gasteiger partial charge in [0.15, 0.2) is 0 Å². The molecule has 0 radical (unpaired) electrons. The number of hydrogen-bond donors (Lipinski definition) is 2. The molecule has 4 aromatic rings. The average molecular weight is 446 g/mol. The van der Waals surface area contributed by atoms with E-state index in [0.717, 1.165) is 33.5 Å². The van der Waals surface area contributed by atoms with Crippen molar-refractivity contribution in [2.75, 3.05) is 29.9 Å². The maximum Gasteiger partial charge on any atom is 0.323 e. The number of pyridine rings is 2. The highest BCUT2D eigenvalue weighted by atomic mass is 19.1. The molecule has 3 aromatic heterocycles. The van der Waals surface area contributed by atoms with E-state index in [9.17, 15) is 9.18 Å². The number of nitrogens with one attached hydrogen (secondary N) is 2. The standard InChI is InChI=1S/C24H24FN7O/c1-15-11-17(7-8-26-15)23-20-13-27-22(12-21(20)29-30-23)28-24(33)32-10-9-31(14-16(32)2)19-5-3-18(25)4-6-19/h3-8,11-13,16H,9-10,14H2,1-2H3,(H,29,30)(H,27,28,33). The van der Waals surface area contributed by atoms with E-state index in [1.54, 1.807) is 35.5 Å². The van der Waals surface area contributed by atoms with E-state index in [-0.39, 0.29) is 17.9 Å². The van der Waals surface area contributed by atoms with Crippen molar-refractivity contribution in [2.45, 2.75) is 19.9 Å². The fourth-order valence-corrected chi connectivity index (χ4v) is 4.22. The van der Waals surface area contributed by atoms with Crippen LogP contribution >= 0.6 is 0 Å². The van der Waals surface area contributed by atoms with Gasteiger partial charge in [-0.3, -0.25) is 15.4 Å². The van der Waals surface area contributed by atoms with E-state index in [4.69, 9.17) is 0 Å². The van der Waals surface area contributed by atoms with Crippen molar-refractivity contribution in [3.05, 3.63) is 66.4 Å². The number of aromatic nitrogens is 4. The molecule has 1 aromatic carbocycles. The van der Waals surface area contributed by atoms with Crippen LogP contribution in [0.3, 0.4) is 0 Å². The maximum atomic E-state index is 13.2. The second kappa shape index (κ2) is 8.50. The summed E-state index contributed by atoms with van der Waals surface area (Å²) in [5, 5.41) is 11.2. The molecule has 0 saturated carbocycles. The lowest BCUT2D eigenvalue weighted by Gasteiger charge is -2.40. The monoisotopic (exact) mass is 445 g/mol. The van der Waals surface area contributed by atoms with Crippen LogP contribution in [-0.2, 0) is 0 Å². The molecule has 1 atom stereocenters. The van der Waals surface area contributed by atoms with Crippen molar-refractivity contribution in [2.24, 2.45) is 0 Å². The molecule has 2 N–H and O–H groups in total. The van der Waals surface area contributed by atoms with Gasteiger partial charge in [0.05, 0.1) is 5.52 Å². The summed E-state index contributed by atoms with van der Waals surface area (Å²) in [4.78, 5) is 25.6. The Bertz CT molecular complexity index is 1300. The van der Waals surface area contributed by atoms with Crippen LogP contribution in [0.25, 0.3) is 22.2 Å². The zero-order chi connectivity index (χ0) is 22.9. The predicted octanol–water partition coefficient (Wildman–Crippen LogP) is 4.21. The molecule has 8 nitrogen and oxygen atoms in total. The van der Waals surface area contributed by atoms with Gasteiger partial charge in [0.1, 0.15) is 17.3 Å². The van der Waals surface area contributed by atoms with Gasteiger partial charge >= 0.3 is 6.03 Å². The summed E-state index contributed by atoms with van der Waals surface area (Å²) < 4.78 is 13.2. The van der Waals surface area contributed by atoms with Crippen molar-refractivity contribution < 1.29 is 9.18 Å². The molecule has 1 aliphatic rings. The number of urea groups is 1. The van der Waals surface area contributed by atoms with Crippen molar-refractivity contribution >= 4 is 28.4 Å². The Kier molecular flexibility index (Phi) is 5.37. The minimum atomic E-state index is -0.255. The molecule has 33 heavy (non-hydrogen) atoms. The van der Waals surface area contributed by atoms with Crippen LogP contribution < -0.4 is 10.2 Å². The Morgan fingerprint density at radius 1 is 1.15 bits per heavy atom. The predicted molar refractivity (Wildman–Crippen MR) is 126 cm³/mol. The summed E-state index contributed by atoms with van der Waals surface area (Å²) in [5.41, 5.74) is 4.41. The number of carbonyl (C=O) groups is 1. The summed E-state index contributed by atoms with van der Waals surface area (Å²) in [6, 6.07) is 11.9. The summed E-state index contributed by atoms with van der Waals surface area (Å²) in [6.45, 7) is 5.84. The van der Waals surface area contributed by atoms with Crippen LogP contribution in [0.15, 0.2) is 54.9 Å². The lowest BCUT2D eigenvalue weighted by atomic mass is 10.1. The van der Waals surface area contributed by atoms with Gasteiger partial charge in [0.2, 0.25) is 0 Å². The quantitative estimate of drug-likeness (QED) is 0.493. The number of fused-ring (bicyclic) bond motifs is 1. The summed E-state index contributed by atoms with van der Waals surface area (Å²) in [7, 11) is 0.